The molecule has 8 atom stereocenters. The Kier molecular flexibility index (Phi) is 7.87. The molecule has 0 amide bonds. The molecule has 0 bridgehead atoms. The van der Waals surface area contributed by atoms with Gasteiger partial charge in [0, 0.05) is 7.11 Å². The second-order valence-corrected chi connectivity index (χ2v) is 13.2. The van der Waals surface area contributed by atoms with Crippen molar-refractivity contribution in [2.45, 2.75) is 55.3 Å². The van der Waals surface area contributed by atoms with Gasteiger partial charge in [-0.1, -0.05) is 0 Å². The van der Waals surface area contributed by atoms with Crippen LogP contribution in [0.5, 0.6) is 5.88 Å². The Labute approximate surface area is 256 Å². The number of imidazole rings is 2. The lowest BCUT2D eigenvalue weighted by Crippen LogP contribution is -2.45. The maximum Gasteiger partial charge on any atom is 0.325 e. The Morgan fingerprint density at radius 3 is 2.47 bits per heavy atom. The molecule has 0 aliphatic carbocycles. The van der Waals surface area contributed by atoms with Crippen molar-refractivity contribution in [3.63, 3.8) is 0 Å². The molecule has 0 radical (unpaired) electrons. The third kappa shape index (κ3) is 5.25. The molecule has 2 aliphatic rings. The number of nitrogens with zero attached hydrogens (tertiary/aromatic N) is 8. The summed E-state index contributed by atoms with van der Waals surface area (Å²) in [7, 11) is 1.33. The number of halogens is 2. The third-order valence-corrected chi connectivity index (χ3v) is 9.06. The largest absolute Gasteiger partial charge is 0.492 e. The average Bonchev–Trinajstić information content (AvgIpc) is 3.71. The average molecular weight is 677 g/mol. The molecule has 0 saturated carbocycles. The van der Waals surface area contributed by atoms with E-state index in [-0.39, 0.29) is 28.1 Å². The third-order valence-electron chi connectivity index (χ3n) is 7.53. The van der Waals surface area contributed by atoms with Crippen molar-refractivity contribution < 1.29 is 52.3 Å². The van der Waals surface area contributed by atoms with Gasteiger partial charge in [-0.25, -0.2) is 28.7 Å². The number of methoxy groups -OCH3 is 1. The van der Waals surface area contributed by atoms with Gasteiger partial charge < -0.3 is 50.4 Å². The molecule has 23 heteroatoms. The zero-order valence-corrected chi connectivity index (χ0v) is 25.0. The Morgan fingerprint density at radius 1 is 1.09 bits per heavy atom. The van der Waals surface area contributed by atoms with Gasteiger partial charge in [0.2, 0.25) is 11.8 Å². The first-order valence-electron chi connectivity index (χ1n) is 13.0. The molecule has 45 heavy (non-hydrogen) atoms. The highest BCUT2D eigenvalue weighted by Crippen LogP contribution is 2.55. The van der Waals surface area contributed by atoms with Crippen LogP contribution in [0.3, 0.4) is 0 Å². The van der Waals surface area contributed by atoms with Crippen molar-refractivity contribution in [2.75, 3.05) is 31.8 Å². The SMILES string of the molecule is CO[C@H]1[C@@H](n2cnc3c(N)ncnc32)O[C@](C)(COP(O)(=S)O[C@H]2[C@H](n3cnc4c(O)nc(N)nc43)O[C@H](CO)C2(F)F)[C@H]1O. The van der Waals surface area contributed by atoms with Crippen LogP contribution in [0.4, 0.5) is 20.5 Å². The lowest BCUT2D eigenvalue weighted by molar-refractivity contribution is -0.126. The number of hydrogen-bond donors (Lipinski definition) is 6. The number of ether oxygens (including phenoxy) is 3. The fourth-order valence-electron chi connectivity index (χ4n) is 5.24. The fourth-order valence-corrected chi connectivity index (χ4v) is 6.69. The summed E-state index contributed by atoms with van der Waals surface area (Å²) in [5.41, 5.74) is 10.0. The standard InChI is InChI=1S/C22H27F2N10O9PS/c1-21(12(36)11(39-2)18(42-21)33-6-29-9-14(25)27-5-28-15(9)33)4-40-44(38,45)43-13-19(41-8(3-35)22(13,23)24)34-7-30-10-16(34)31-20(26)32-17(10)37/h5-8,11-13,18-19,35-36H,3-4H2,1-2H3,(H,38,45)(H2,25,27,28)(H3,26,31,32,37)/t8-,11-,12+,13+,18+,19-,21-,44?/m1/s1. The molecule has 2 fully saturated rings. The molecular weight excluding hydrogens is 649 g/mol. The first kappa shape index (κ1) is 31.7. The highest BCUT2D eigenvalue weighted by molar-refractivity contribution is 8.07. The lowest BCUT2D eigenvalue weighted by atomic mass is 9.98. The van der Waals surface area contributed by atoms with Crippen LogP contribution in [0.1, 0.15) is 19.4 Å². The van der Waals surface area contributed by atoms with Crippen molar-refractivity contribution in [2.24, 2.45) is 0 Å². The zero-order valence-electron chi connectivity index (χ0n) is 23.3. The van der Waals surface area contributed by atoms with E-state index in [0.717, 1.165) is 10.9 Å². The summed E-state index contributed by atoms with van der Waals surface area (Å²) in [4.78, 5) is 34.6. The zero-order chi connectivity index (χ0) is 32.5. The van der Waals surface area contributed by atoms with E-state index >= 15 is 8.78 Å². The number of aromatic nitrogens is 8. The topological polar surface area (TPSA) is 266 Å². The molecule has 1 unspecified atom stereocenters. The Bertz CT molecular complexity index is 1800. The van der Waals surface area contributed by atoms with Crippen LogP contribution >= 0.6 is 6.72 Å². The molecule has 2 saturated heterocycles. The van der Waals surface area contributed by atoms with E-state index in [0.29, 0.717) is 0 Å². The number of alkyl halides is 2. The van der Waals surface area contributed by atoms with Gasteiger partial charge in [0.05, 0.1) is 25.9 Å². The van der Waals surface area contributed by atoms with Crippen LogP contribution in [0.15, 0.2) is 19.0 Å². The van der Waals surface area contributed by atoms with E-state index in [1.165, 1.54) is 31.3 Å². The molecule has 0 spiro atoms. The number of aromatic hydroxyl groups is 1. The summed E-state index contributed by atoms with van der Waals surface area (Å²) in [6, 6.07) is 0. The van der Waals surface area contributed by atoms with Gasteiger partial charge in [0.15, 0.2) is 41.2 Å². The van der Waals surface area contributed by atoms with Crippen LogP contribution in [0.25, 0.3) is 22.3 Å². The summed E-state index contributed by atoms with van der Waals surface area (Å²) < 4.78 is 61.1. The van der Waals surface area contributed by atoms with Gasteiger partial charge in [0.25, 0.3) is 0 Å². The van der Waals surface area contributed by atoms with Gasteiger partial charge in [-0.3, -0.25) is 13.7 Å². The predicted octanol–water partition coefficient (Wildman–Crippen LogP) is -0.657. The summed E-state index contributed by atoms with van der Waals surface area (Å²) in [6.07, 6.45) is -6.11. The Morgan fingerprint density at radius 2 is 1.78 bits per heavy atom. The maximum absolute atomic E-state index is 15.5. The monoisotopic (exact) mass is 676 g/mol. The minimum absolute atomic E-state index is 0.112. The summed E-state index contributed by atoms with van der Waals surface area (Å²) in [5, 5.41) is 30.8. The van der Waals surface area contributed by atoms with E-state index in [2.05, 4.69) is 29.9 Å². The first-order chi connectivity index (χ1) is 21.2. The van der Waals surface area contributed by atoms with Crippen LogP contribution in [-0.4, -0.2) is 116 Å². The van der Waals surface area contributed by atoms with Gasteiger partial charge in [-0.05, 0) is 18.7 Å². The van der Waals surface area contributed by atoms with Crippen LogP contribution < -0.4 is 11.5 Å². The summed E-state index contributed by atoms with van der Waals surface area (Å²) in [6.45, 7) is -4.95. The Balaban J connectivity index is 1.25. The predicted molar refractivity (Wildman–Crippen MR) is 150 cm³/mol. The molecule has 244 valence electrons. The summed E-state index contributed by atoms with van der Waals surface area (Å²) in [5.74, 6) is -4.84. The number of fused-ring (bicyclic) bond motifs is 2. The number of aliphatic hydroxyl groups excluding tert-OH is 2. The number of aliphatic hydroxyl groups is 2. The highest BCUT2D eigenvalue weighted by Gasteiger charge is 2.62. The van der Waals surface area contributed by atoms with E-state index in [9.17, 15) is 20.2 Å². The Hall–Kier alpha value is -3.31. The molecule has 4 aromatic rings. The normalized spacial score (nSPS) is 31.2. The van der Waals surface area contributed by atoms with Crippen LogP contribution in [0, 0.1) is 0 Å². The van der Waals surface area contributed by atoms with Gasteiger partial charge >= 0.3 is 12.6 Å². The number of nitrogen functional groups attached to an aromatic ring is 2. The van der Waals surface area contributed by atoms with E-state index < -0.39 is 80.2 Å². The van der Waals surface area contributed by atoms with Crippen LogP contribution in [0.2, 0.25) is 0 Å². The molecule has 6 rings (SSSR count). The molecule has 19 nitrogen and oxygen atoms in total. The van der Waals surface area contributed by atoms with Crippen molar-refractivity contribution in [1.82, 2.24) is 39.0 Å². The minimum atomic E-state index is -4.59. The van der Waals surface area contributed by atoms with Crippen molar-refractivity contribution in [3.8, 4) is 5.88 Å². The number of hydrogen-bond acceptors (Lipinski definition) is 17. The molecule has 0 aromatic carbocycles. The van der Waals surface area contributed by atoms with Crippen molar-refractivity contribution in [3.05, 3.63) is 19.0 Å². The van der Waals surface area contributed by atoms with Gasteiger partial charge in [-0.2, -0.15) is 9.97 Å². The highest BCUT2D eigenvalue weighted by atomic mass is 32.5. The lowest BCUT2D eigenvalue weighted by Gasteiger charge is -2.31. The second kappa shape index (κ2) is 11.2. The molecule has 8 N–H and O–H groups in total. The van der Waals surface area contributed by atoms with Gasteiger partial charge in [0.1, 0.15) is 35.8 Å². The number of nitrogens with two attached hydrogens (primary N) is 2. The van der Waals surface area contributed by atoms with Crippen LogP contribution in [-0.2, 0) is 35.1 Å². The second-order valence-electron chi connectivity index (χ2n) is 10.4. The number of anilines is 2. The van der Waals surface area contributed by atoms with Gasteiger partial charge in [-0.15, -0.1) is 0 Å². The molecule has 2 aliphatic heterocycles. The minimum Gasteiger partial charge on any atom is -0.492 e. The maximum atomic E-state index is 15.5. The smallest absolute Gasteiger partial charge is 0.325 e. The van der Waals surface area contributed by atoms with E-state index in [1.807, 2.05) is 0 Å². The number of rotatable bonds is 9. The first-order valence-corrected chi connectivity index (χ1v) is 15.6. The van der Waals surface area contributed by atoms with E-state index in [1.54, 1.807) is 0 Å². The molecule has 4 aromatic heterocycles. The molecule has 6 heterocycles. The van der Waals surface area contributed by atoms with E-state index in [4.69, 9.17) is 46.5 Å². The summed E-state index contributed by atoms with van der Waals surface area (Å²) >= 11 is 5.09. The van der Waals surface area contributed by atoms with Crippen molar-refractivity contribution >= 4 is 52.6 Å². The molecular formula is C22H27F2N10O9PS. The quantitative estimate of drug-likeness (QED) is 0.120. The fraction of sp³-hybridized carbons (Fsp3) is 0.545. The van der Waals surface area contributed by atoms with Crippen molar-refractivity contribution in [1.29, 1.82) is 0 Å².